The van der Waals surface area contributed by atoms with Crippen molar-refractivity contribution >= 4 is 35.1 Å². The minimum absolute atomic E-state index is 0.0695. The second-order valence-electron chi connectivity index (χ2n) is 7.11. The van der Waals surface area contributed by atoms with Gasteiger partial charge in [-0.2, -0.15) is 0 Å². The lowest BCUT2D eigenvalue weighted by atomic mass is 9.86. The van der Waals surface area contributed by atoms with E-state index in [0.29, 0.717) is 11.6 Å². The van der Waals surface area contributed by atoms with Gasteiger partial charge in [-0.25, -0.2) is 0 Å². The van der Waals surface area contributed by atoms with Gasteiger partial charge in [0.25, 0.3) is 0 Å². The Labute approximate surface area is 158 Å². The van der Waals surface area contributed by atoms with Crippen molar-refractivity contribution in [3.63, 3.8) is 0 Å². The smallest absolute Gasteiger partial charge is 0.238 e. The molecule has 0 unspecified atom stereocenters. The summed E-state index contributed by atoms with van der Waals surface area (Å²) in [6.07, 6.45) is 0. The van der Waals surface area contributed by atoms with Crippen molar-refractivity contribution in [2.24, 2.45) is 0 Å². The lowest BCUT2D eigenvalue weighted by Gasteiger charge is -2.23. The van der Waals surface area contributed by atoms with Crippen LogP contribution in [0.1, 0.15) is 39.0 Å². The Bertz CT molecular complexity index is 780. The van der Waals surface area contributed by atoms with Crippen LogP contribution in [0.2, 0.25) is 0 Å². The van der Waals surface area contributed by atoms with E-state index in [4.69, 9.17) is 4.52 Å². The molecule has 0 aliphatic rings. The first-order chi connectivity index (χ1) is 12.2. The monoisotopic (exact) mass is 375 g/mol. The van der Waals surface area contributed by atoms with Crippen LogP contribution >= 0.6 is 11.8 Å². The number of amides is 2. The number of thioether (sulfide) groups is 1. The van der Waals surface area contributed by atoms with Gasteiger partial charge < -0.3 is 15.2 Å². The molecule has 2 N–H and O–H groups in total. The molecule has 0 aliphatic heterocycles. The number of aryl methyl sites for hydroxylation is 1. The minimum Gasteiger partial charge on any atom is -0.360 e. The SMILES string of the molecule is Cc1cc(NC(=O)[C@@H](C)SCC(=O)Nc2ccccc2C(C)(C)C)no1. The zero-order valence-electron chi connectivity index (χ0n) is 15.8. The highest BCUT2D eigenvalue weighted by Gasteiger charge is 2.20. The summed E-state index contributed by atoms with van der Waals surface area (Å²) in [5.74, 6) is 0.834. The van der Waals surface area contributed by atoms with E-state index < -0.39 is 5.25 Å². The number of carbonyl (C=O) groups excluding carboxylic acids is 2. The second kappa shape index (κ2) is 8.40. The molecule has 0 saturated carbocycles. The predicted molar refractivity (Wildman–Crippen MR) is 106 cm³/mol. The van der Waals surface area contributed by atoms with Crippen LogP contribution in [0, 0.1) is 6.92 Å². The molecule has 1 aromatic carbocycles. The molecule has 0 spiro atoms. The van der Waals surface area contributed by atoms with Crippen molar-refractivity contribution in [2.45, 2.75) is 45.3 Å². The number of hydrogen-bond donors (Lipinski definition) is 2. The van der Waals surface area contributed by atoms with Crippen LogP contribution in [-0.2, 0) is 15.0 Å². The van der Waals surface area contributed by atoms with Gasteiger partial charge in [-0.1, -0.05) is 44.1 Å². The van der Waals surface area contributed by atoms with E-state index in [1.54, 1.807) is 19.9 Å². The van der Waals surface area contributed by atoms with Crippen LogP contribution in [-0.4, -0.2) is 28.0 Å². The van der Waals surface area contributed by atoms with Gasteiger partial charge in [0.2, 0.25) is 11.8 Å². The number of benzene rings is 1. The maximum atomic E-state index is 12.3. The molecule has 0 aliphatic carbocycles. The van der Waals surface area contributed by atoms with Gasteiger partial charge in [0, 0.05) is 11.8 Å². The van der Waals surface area contributed by atoms with Gasteiger partial charge in [-0.05, 0) is 30.9 Å². The van der Waals surface area contributed by atoms with Gasteiger partial charge >= 0.3 is 0 Å². The van der Waals surface area contributed by atoms with Gasteiger partial charge in [0.15, 0.2) is 5.82 Å². The number of aromatic nitrogens is 1. The molecule has 6 nitrogen and oxygen atoms in total. The van der Waals surface area contributed by atoms with Crippen molar-refractivity contribution in [3.8, 4) is 0 Å². The fourth-order valence-electron chi connectivity index (χ4n) is 2.36. The number of rotatable bonds is 6. The van der Waals surface area contributed by atoms with Crippen molar-refractivity contribution in [1.29, 1.82) is 0 Å². The van der Waals surface area contributed by atoms with E-state index in [1.807, 2.05) is 24.3 Å². The largest absolute Gasteiger partial charge is 0.360 e. The van der Waals surface area contributed by atoms with Crippen molar-refractivity contribution in [1.82, 2.24) is 5.16 Å². The second-order valence-corrected chi connectivity index (χ2v) is 8.44. The first-order valence-corrected chi connectivity index (χ1v) is 9.47. The first-order valence-electron chi connectivity index (χ1n) is 8.42. The molecule has 26 heavy (non-hydrogen) atoms. The van der Waals surface area contributed by atoms with Gasteiger partial charge in [-0.15, -0.1) is 11.8 Å². The number of para-hydroxylation sites is 1. The average molecular weight is 375 g/mol. The molecule has 1 aromatic heterocycles. The Morgan fingerprint density at radius 3 is 2.54 bits per heavy atom. The summed E-state index contributed by atoms with van der Waals surface area (Å²) in [7, 11) is 0. The molecule has 2 amide bonds. The van der Waals surface area contributed by atoms with Gasteiger partial charge in [0.1, 0.15) is 5.76 Å². The number of anilines is 2. The van der Waals surface area contributed by atoms with Crippen molar-refractivity contribution < 1.29 is 14.1 Å². The summed E-state index contributed by atoms with van der Waals surface area (Å²) in [5, 5.41) is 8.95. The maximum absolute atomic E-state index is 12.3. The summed E-state index contributed by atoms with van der Waals surface area (Å²) >= 11 is 1.27. The predicted octanol–water partition coefficient (Wildman–Crippen LogP) is 3.98. The quantitative estimate of drug-likeness (QED) is 0.798. The highest BCUT2D eigenvalue weighted by Crippen LogP contribution is 2.29. The van der Waals surface area contributed by atoms with Gasteiger partial charge in [-0.3, -0.25) is 9.59 Å². The van der Waals surface area contributed by atoms with E-state index in [-0.39, 0.29) is 23.0 Å². The number of carbonyl (C=O) groups is 2. The van der Waals surface area contributed by atoms with Crippen LogP contribution in [0.15, 0.2) is 34.9 Å². The molecule has 0 saturated heterocycles. The normalized spacial score (nSPS) is 12.5. The van der Waals surface area contributed by atoms with E-state index in [2.05, 4.69) is 36.6 Å². The molecule has 2 aromatic rings. The summed E-state index contributed by atoms with van der Waals surface area (Å²) in [6.45, 7) is 9.81. The molecular weight excluding hydrogens is 350 g/mol. The van der Waals surface area contributed by atoms with Crippen molar-refractivity contribution in [3.05, 3.63) is 41.7 Å². The molecule has 1 atom stereocenters. The Kier molecular flexibility index (Phi) is 6.47. The summed E-state index contributed by atoms with van der Waals surface area (Å²) < 4.78 is 4.91. The highest BCUT2D eigenvalue weighted by atomic mass is 32.2. The van der Waals surface area contributed by atoms with E-state index in [9.17, 15) is 9.59 Å². The fourth-order valence-corrected chi connectivity index (χ4v) is 3.05. The topological polar surface area (TPSA) is 84.2 Å². The van der Waals surface area contributed by atoms with Crippen LogP contribution in [0.25, 0.3) is 0 Å². The van der Waals surface area contributed by atoms with E-state index in [0.717, 1.165) is 11.3 Å². The molecule has 0 radical (unpaired) electrons. The third-order valence-electron chi connectivity index (χ3n) is 3.72. The number of nitrogens with zero attached hydrogens (tertiary/aromatic N) is 1. The molecule has 140 valence electrons. The zero-order chi connectivity index (χ0) is 19.3. The molecule has 2 rings (SSSR count). The fraction of sp³-hybridized carbons (Fsp3) is 0.421. The standard InChI is InChI=1S/C19H25N3O3S/c1-12-10-16(22-25-12)21-18(24)13(2)26-11-17(23)20-15-9-7-6-8-14(15)19(3,4)5/h6-10,13H,11H2,1-5H3,(H,20,23)(H,21,22,24)/t13-/m1/s1. The minimum atomic E-state index is -0.393. The third kappa shape index (κ3) is 5.62. The Balaban J connectivity index is 1.88. The van der Waals surface area contributed by atoms with Crippen LogP contribution in [0.3, 0.4) is 0 Å². The van der Waals surface area contributed by atoms with Gasteiger partial charge in [0.05, 0.1) is 11.0 Å². The molecule has 7 heteroatoms. The number of hydrogen-bond acceptors (Lipinski definition) is 5. The first kappa shape index (κ1) is 20.0. The van der Waals surface area contributed by atoms with E-state index >= 15 is 0 Å². The molecule has 0 bridgehead atoms. The molecular formula is C19H25N3O3S. The molecule has 0 fully saturated rings. The van der Waals surface area contributed by atoms with Crippen molar-refractivity contribution in [2.75, 3.05) is 16.4 Å². The molecule has 1 heterocycles. The van der Waals surface area contributed by atoms with E-state index in [1.165, 1.54) is 11.8 Å². The summed E-state index contributed by atoms with van der Waals surface area (Å²) in [5.41, 5.74) is 1.81. The Hall–Kier alpha value is -2.28. The van der Waals surface area contributed by atoms with Crippen LogP contribution in [0.5, 0.6) is 0 Å². The van der Waals surface area contributed by atoms with Crippen LogP contribution < -0.4 is 10.6 Å². The lowest BCUT2D eigenvalue weighted by Crippen LogP contribution is -2.25. The lowest BCUT2D eigenvalue weighted by molar-refractivity contribution is -0.115. The zero-order valence-corrected chi connectivity index (χ0v) is 16.6. The van der Waals surface area contributed by atoms with Crippen LogP contribution in [0.4, 0.5) is 11.5 Å². The summed E-state index contributed by atoms with van der Waals surface area (Å²) in [6, 6.07) is 9.41. The average Bonchev–Trinajstić information content (AvgIpc) is 2.97. The third-order valence-corrected chi connectivity index (χ3v) is 4.86. The maximum Gasteiger partial charge on any atom is 0.238 e. The highest BCUT2D eigenvalue weighted by molar-refractivity contribution is 8.01. The Morgan fingerprint density at radius 1 is 1.23 bits per heavy atom. The number of nitrogens with one attached hydrogen (secondary N) is 2. The summed E-state index contributed by atoms with van der Waals surface area (Å²) in [4.78, 5) is 24.4. The Morgan fingerprint density at radius 2 is 1.92 bits per heavy atom.